The summed E-state index contributed by atoms with van der Waals surface area (Å²) in [5, 5.41) is 8.67. The van der Waals surface area contributed by atoms with Crippen molar-refractivity contribution in [1.82, 2.24) is 0 Å². The first-order valence-electron chi connectivity index (χ1n) is 5.78. The monoisotopic (exact) mass is 257 g/mol. The summed E-state index contributed by atoms with van der Waals surface area (Å²) in [6.45, 7) is 2.27. The predicted molar refractivity (Wildman–Crippen MR) is 69.6 cm³/mol. The van der Waals surface area contributed by atoms with Crippen LogP contribution in [-0.2, 0) is 10.0 Å². The van der Waals surface area contributed by atoms with Gasteiger partial charge in [-0.3, -0.25) is 4.31 Å². The van der Waals surface area contributed by atoms with E-state index in [2.05, 4.69) is 0 Å². The molecule has 0 aliphatic rings. The van der Waals surface area contributed by atoms with Gasteiger partial charge in [0.05, 0.1) is 11.4 Å². The number of unbranched alkanes of at least 4 members (excludes halogenated alkanes) is 1. The van der Waals surface area contributed by atoms with Crippen molar-refractivity contribution >= 4 is 15.7 Å². The average Bonchev–Trinajstić information content (AvgIpc) is 2.31. The molecule has 5 heteroatoms. The lowest BCUT2D eigenvalue weighted by Crippen LogP contribution is -2.32. The molecule has 0 atom stereocenters. The van der Waals surface area contributed by atoms with Gasteiger partial charge in [0, 0.05) is 13.2 Å². The number of aliphatic hydroxyl groups excluding tert-OH is 1. The van der Waals surface area contributed by atoms with E-state index < -0.39 is 10.0 Å². The molecule has 0 saturated heterocycles. The number of para-hydroxylation sites is 1. The van der Waals surface area contributed by atoms with Gasteiger partial charge in [-0.15, -0.1) is 0 Å². The zero-order valence-electron chi connectivity index (χ0n) is 10.0. The Labute approximate surface area is 103 Å². The predicted octanol–water partition coefficient (Wildman–Crippen LogP) is 1.62. The molecule has 0 heterocycles. The van der Waals surface area contributed by atoms with Crippen LogP contribution in [0.25, 0.3) is 0 Å². The highest BCUT2D eigenvalue weighted by Gasteiger charge is 2.19. The largest absolute Gasteiger partial charge is 0.396 e. The molecule has 0 aliphatic heterocycles. The third-order valence-corrected chi connectivity index (χ3v) is 4.42. The zero-order valence-corrected chi connectivity index (χ0v) is 10.9. The molecule has 0 spiro atoms. The molecule has 0 bridgehead atoms. The van der Waals surface area contributed by atoms with Crippen LogP contribution in [0.4, 0.5) is 5.69 Å². The lowest BCUT2D eigenvalue weighted by atomic mass is 10.3. The van der Waals surface area contributed by atoms with Crippen molar-refractivity contribution in [3.05, 3.63) is 30.3 Å². The molecule has 17 heavy (non-hydrogen) atoms. The fraction of sp³-hybridized carbons (Fsp3) is 0.500. The lowest BCUT2D eigenvalue weighted by Gasteiger charge is -2.22. The number of aliphatic hydroxyl groups is 1. The molecule has 1 aromatic rings. The number of rotatable bonds is 7. The van der Waals surface area contributed by atoms with E-state index in [1.165, 1.54) is 4.31 Å². The molecule has 96 valence electrons. The van der Waals surface area contributed by atoms with E-state index in [0.717, 1.165) is 0 Å². The van der Waals surface area contributed by atoms with Crippen LogP contribution < -0.4 is 4.31 Å². The third kappa shape index (κ3) is 4.02. The number of hydrogen-bond donors (Lipinski definition) is 1. The molecule has 0 amide bonds. The van der Waals surface area contributed by atoms with Crippen LogP contribution in [0.5, 0.6) is 0 Å². The van der Waals surface area contributed by atoms with Gasteiger partial charge in [-0.1, -0.05) is 18.2 Å². The number of nitrogens with zero attached hydrogens (tertiary/aromatic N) is 1. The SMILES string of the molecule is CCN(c1ccccc1)S(=O)(=O)CCCCO. The molecule has 1 N–H and O–H groups in total. The van der Waals surface area contributed by atoms with Gasteiger partial charge in [0.2, 0.25) is 10.0 Å². The second-order valence-electron chi connectivity index (χ2n) is 3.75. The van der Waals surface area contributed by atoms with E-state index in [4.69, 9.17) is 5.11 Å². The minimum absolute atomic E-state index is 0.0347. The Hall–Kier alpha value is -1.07. The molecule has 0 radical (unpaired) electrons. The summed E-state index contributed by atoms with van der Waals surface area (Å²) in [6, 6.07) is 9.07. The number of anilines is 1. The maximum absolute atomic E-state index is 12.1. The van der Waals surface area contributed by atoms with Gasteiger partial charge < -0.3 is 5.11 Å². The molecule has 1 rings (SSSR count). The van der Waals surface area contributed by atoms with Crippen molar-refractivity contribution in [2.45, 2.75) is 19.8 Å². The van der Waals surface area contributed by atoms with Crippen LogP contribution in [0.2, 0.25) is 0 Å². The van der Waals surface area contributed by atoms with E-state index >= 15 is 0 Å². The van der Waals surface area contributed by atoms with Crippen molar-refractivity contribution in [2.75, 3.05) is 23.2 Å². The summed E-state index contributed by atoms with van der Waals surface area (Å²) in [6.07, 6.45) is 1.01. The van der Waals surface area contributed by atoms with Crippen molar-refractivity contribution in [2.24, 2.45) is 0 Å². The minimum atomic E-state index is -3.28. The molecular weight excluding hydrogens is 238 g/mol. The third-order valence-electron chi connectivity index (χ3n) is 2.48. The first-order chi connectivity index (χ1) is 8.11. The molecule has 4 nitrogen and oxygen atoms in total. The first-order valence-corrected chi connectivity index (χ1v) is 7.39. The van der Waals surface area contributed by atoms with Gasteiger partial charge in [-0.05, 0) is 31.9 Å². The molecule has 0 fully saturated rings. The average molecular weight is 257 g/mol. The van der Waals surface area contributed by atoms with Crippen LogP contribution in [0.3, 0.4) is 0 Å². The minimum Gasteiger partial charge on any atom is -0.396 e. The van der Waals surface area contributed by atoms with E-state index in [9.17, 15) is 8.42 Å². The highest BCUT2D eigenvalue weighted by Crippen LogP contribution is 2.18. The van der Waals surface area contributed by atoms with Crippen LogP contribution in [0, 0.1) is 0 Å². The normalized spacial score (nSPS) is 11.4. The van der Waals surface area contributed by atoms with Crippen molar-refractivity contribution in [1.29, 1.82) is 0 Å². The second kappa shape index (κ2) is 6.61. The van der Waals surface area contributed by atoms with E-state index in [-0.39, 0.29) is 12.4 Å². The van der Waals surface area contributed by atoms with E-state index in [0.29, 0.717) is 25.1 Å². The Morgan fingerprint density at radius 3 is 2.35 bits per heavy atom. The molecule has 0 aliphatic carbocycles. The maximum atomic E-state index is 12.1. The smallest absolute Gasteiger partial charge is 0.235 e. The van der Waals surface area contributed by atoms with Crippen molar-refractivity contribution in [3.63, 3.8) is 0 Å². The summed E-state index contributed by atoms with van der Waals surface area (Å²) >= 11 is 0. The quantitative estimate of drug-likeness (QED) is 0.755. The maximum Gasteiger partial charge on any atom is 0.235 e. The fourth-order valence-corrected chi connectivity index (χ4v) is 3.27. The van der Waals surface area contributed by atoms with Gasteiger partial charge in [-0.25, -0.2) is 8.42 Å². The molecular formula is C12H19NO3S. The highest BCUT2D eigenvalue weighted by atomic mass is 32.2. The second-order valence-corrected chi connectivity index (χ2v) is 5.76. The first kappa shape index (κ1) is 14.0. The Balaban J connectivity index is 2.80. The van der Waals surface area contributed by atoms with Crippen LogP contribution in [-0.4, -0.2) is 32.4 Å². The molecule has 1 aromatic carbocycles. The van der Waals surface area contributed by atoms with Gasteiger partial charge in [-0.2, -0.15) is 0 Å². The van der Waals surface area contributed by atoms with Gasteiger partial charge in [0.25, 0.3) is 0 Å². The van der Waals surface area contributed by atoms with E-state index in [1.54, 1.807) is 12.1 Å². The van der Waals surface area contributed by atoms with Gasteiger partial charge in [0.15, 0.2) is 0 Å². The summed E-state index contributed by atoms with van der Waals surface area (Å²) < 4.78 is 25.6. The summed E-state index contributed by atoms with van der Waals surface area (Å²) in [7, 11) is -3.28. The number of hydrogen-bond acceptors (Lipinski definition) is 3. The van der Waals surface area contributed by atoms with Crippen LogP contribution in [0.15, 0.2) is 30.3 Å². The van der Waals surface area contributed by atoms with Crippen LogP contribution in [0.1, 0.15) is 19.8 Å². The lowest BCUT2D eigenvalue weighted by molar-refractivity contribution is 0.287. The Kier molecular flexibility index (Phi) is 5.44. The fourth-order valence-electron chi connectivity index (χ4n) is 1.64. The van der Waals surface area contributed by atoms with Crippen molar-refractivity contribution in [3.8, 4) is 0 Å². The number of benzene rings is 1. The van der Waals surface area contributed by atoms with Gasteiger partial charge >= 0.3 is 0 Å². The van der Waals surface area contributed by atoms with Crippen LogP contribution >= 0.6 is 0 Å². The molecule has 0 unspecified atom stereocenters. The molecule has 0 aromatic heterocycles. The topological polar surface area (TPSA) is 57.6 Å². The highest BCUT2D eigenvalue weighted by molar-refractivity contribution is 7.92. The zero-order chi connectivity index (χ0) is 12.7. The number of sulfonamides is 1. The Bertz CT molecular complexity index is 417. The summed E-state index contributed by atoms with van der Waals surface area (Å²) in [4.78, 5) is 0. The Morgan fingerprint density at radius 1 is 1.18 bits per heavy atom. The molecule has 0 saturated carbocycles. The van der Waals surface area contributed by atoms with E-state index in [1.807, 2.05) is 25.1 Å². The standard InChI is InChI=1S/C12H19NO3S/c1-2-13(12-8-4-3-5-9-12)17(15,16)11-7-6-10-14/h3-5,8-9,14H,2,6-7,10-11H2,1H3. The Morgan fingerprint density at radius 2 is 1.82 bits per heavy atom. The summed E-state index contributed by atoms with van der Waals surface area (Å²) in [5.74, 6) is 0.0797. The summed E-state index contributed by atoms with van der Waals surface area (Å²) in [5.41, 5.74) is 0.694. The van der Waals surface area contributed by atoms with Crippen molar-refractivity contribution < 1.29 is 13.5 Å². The van der Waals surface area contributed by atoms with Gasteiger partial charge in [0.1, 0.15) is 0 Å².